The number of imidazole rings is 1. The maximum atomic E-state index is 12.3. The van der Waals surface area contributed by atoms with Crippen molar-refractivity contribution in [1.29, 1.82) is 0 Å². The molecule has 0 fully saturated rings. The number of hydrogen-bond acceptors (Lipinski definition) is 2. The van der Waals surface area contributed by atoms with Crippen molar-refractivity contribution < 1.29 is 4.79 Å². The number of halogens is 1. The minimum Gasteiger partial charge on any atom is -0.294 e. The summed E-state index contributed by atoms with van der Waals surface area (Å²) in [4.78, 5) is 16.7. The molecule has 0 amide bonds. The van der Waals surface area contributed by atoms with Crippen LogP contribution in [0.2, 0.25) is 0 Å². The van der Waals surface area contributed by atoms with Crippen molar-refractivity contribution in [3.63, 3.8) is 0 Å². The van der Waals surface area contributed by atoms with Crippen LogP contribution >= 0.6 is 22.6 Å². The Balaban J connectivity index is 2.46. The second-order valence-electron chi connectivity index (χ2n) is 4.34. The van der Waals surface area contributed by atoms with E-state index in [4.69, 9.17) is 0 Å². The third-order valence-electron chi connectivity index (χ3n) is 2.88. The van der Waals surface area contributed by atoms with Crippen molar-refractivity contribution in [2.45, 2.75) is 20.8 Å². The van der Waals surface area contributed by atoms with Gasteiger partial charge in [-0.15, -0.1) is 0 Å². The van der Waals surface area contributed by atoms with Gasteiger partial charge in [0.25, 0.3) is 0 Å². The summed E-state index contributed by atoms with van der Waals surface area (Å²) >= 11 is 2.24. The molecule has 0 aliphatic rings. The molecule has 0 aliphatic carbocycles. The SMILES string of the molecule is C/C=C\C=C(/C)C(=O)c1ccc2nc(C)c(I)n2c1. The zero-order valence-corrected chi connectivity index (χ0v) is 13.3. The van der Waals surface area contributed by atoms with E-state index in [0.717, 1.165) is 20.6 Å². The monoisotopic (exact) mass is 366 g/mol. The number of carbonyl (C=O) groups is 1. The Hall–Kier alpha value is -1.43. The first-order valence-electron chi connectivity index (χ1n) is 6.03. The van der Waals surface area contributed by atoms with E-state index in [9.17, 15) is 4.79 Å². The summed E-state index contributed by atoms with van der Waals surface area (Å²) in [5, 5.41) is 0. The molecule has 2 rings (SSSR count). The van der Waals surface area contributed by atoms with E-state index in [0.29, 0.717) is 5.56 Å². The van der Waals surface area contributed by atoms with Crippen LogP contribution in [0.4, 0.5) is 0 Å². The molecule has 19 heavy (non-hydrogen) atoms. The van der Waals surface area contributed by atoms with Gasteiger partial charge in [-0.05, 0) is 61.1 Å². The molecule has 0 aliphatic heterocycles. The first kappa shape index (κ1) is 14.0. The van der Waals surface area contributed by atoms with Crippen molar-refractivity contribution in [1.82, 2.24) is 9.38 Å². The van der Waals surface area contributed by atoms with Gasteiger partial charge in [0.2, 0.25) is 0 Å². The number of rotatable bonds is 3. The van der Waals surface area contributed by atoms with Crippen LogP contribution in [0.5, 0.6) is 0 Å². The average molecular weight is 366 g/mol. The molecule has 0 unspecified atom stereocenters. The third-order valence-corrected chi connectivity index (χ3v) is 4.18. The molecule has 0 bridgehead atoms. The first-order chi connectivity index (χ1) is 9.04. The van der Waals surface area contributed by atoms with Gasteiger partial charge in [0.05, 0.1) is 5.69 Å². The summed E-state index contributed by atoms with van der Waals surface area (Å²) in [6.07, 6.45) is 7.46. The topological polar surface area (TPSA) is 34.4 Å². The Morgan fingerprint density at radius 1 is 1.42 bits per heavy atom. The fourth-order valence-electron chi connectivity index (χ4n) is 1.81. The van der Waals surface area contributed by atoms with Gasteiger partial charge in [-0.3, -0.25) is 9.20 Å². The second-order valence-corrected chi connectivity index (χ2v) is 5.36. The van der Waals surface area contributed by atoms with Crippen LogP contribution in [0.25, 0.3) is 5.65 Å². The van der Waals surface area contributed by atoms with Gasteiger partial charge in [-0.1, -0.05) is 18.2 Å². The molecule has 0 spiro atoms. The molecule has 0 radical (unpaired) electrons. The summed E-state index contributed by atoms with van der Waals surface area (Å²) in [5.41, 5.74) is 3.25. The maximum Gasteiger partial charge on any atom is 0.190 e. The fourth-order valence-corrected chi connectivity index (χ4v) is 2.32. The van der Waals surface area contributed by atoms with Crippen molar-refractivity contribution >= 4 is 34.0 Å². The Kier molecular flexibility index (Phi) is 4.19. The van der Waals surface area contributed by atoms with Gasteiger partial charge in [0.1, 0.15) is 9.35 Å². The molecular formula is C15H15IN2O. The maximum absolute atomic E-state index is 12.3. The highest BCUT2D eigenvalue weighted by molar-refractivity contribution is 14.1. The largest absolute Gasteiger partial charge is 0.294 e. The number of nitrogens with zero attached hydrogens (tertiary/aromatic N) is 2. The van der Waals surface area contributed by atoms with Gasteiger partial charge in [0, 0.05) is 11.8 Å². The number of carbonyl (C=O) groups excluding carboxylic acids is 1. The predicted octanol–water partition coefficient (Wildman–Crippen LogP) is 3.95. The van der Waals surface area contributed by atoms with Crippen LogP contribution in [0, 0.1) is 10.6 Å². The molecule has 98 valence electrons. The molecule has 3 nitrogen and oxygen atoms in total. The number of ketones is 1. The summed E-state index contributed by atoms with van der Waals surface area (Å²) in [5.74, 6) is 0.0437. The lowest BCUT2D eigenvalue weighted by molar-refractivity contribution is 0.103. The van der Waals surface area contributed by atoms with Gasteiger partial charge >= 0.3 is 0 Å². The molecule has 2 aromatic heterocycles. The number of Topliss-reactive ketones (excluding diaryl/α,β-unsaturated/α-hetero) is 1. The highest BCUT2D eigenvalue weighted by Crippen LogP contribution is 2.17. The summed E-state index contributed by atoms with van der Waals surface area (Å²) in [6, 6.07) is 3.71. The molecule has 2 heterocycles. The molecule has 0 saturated carbocycles. The van der Waals surface area contributed by atoms with E-state index in [1.54, 1.807) is 0 Å². The van der Waals surface area contributed by atoms with Gasteiger partial charge in [0.15, 0.2) is 5.78 Å². The van der Waals surface area contributed by atoms with Crippen LogP contribution in [0.1, 0.15) is 29.9 Å². The van der Waals surface area contributed by atoms with Gasteiger partial charge in [-0.25, -0.2) is 4.98 Å². The predicted molar refractivity (Wildman–Crippen MR) is 85.5 cm³/mol. The number of fused-ring (bicyclic) bond motifs is 1. The number of hydrogen-bond donors (Lipinski definition) is 0. The van der Waals surface area contributed by atoms with Crippen molar-refractivity contribution in [2.24, 2.45) is 0 Å². The molecule has 0 saturated heterocycles. The third kappa shape index (κ3) is 2.78. The zero-order valence-electron chi connectivity index (χ0n) is 11.1. The second kappa shape index (κ2) is 5.69. The number of pyridine rings is 1. The van der Waals surface area contributed by atoms with E-state index >= 15 is 0 Å². The summed E-state index contributed by atoms with van der Waals surface area (Å²) < 4.78 is 2.99. The molecule has 2 aromatic rings. The van der Waals surface area contributed by atoms with Gasteiger partial charge < -0.3 is 0 Å². The first-order valence-corrected chi connectivity index (χ1v) is 7.11. The molecule has 0 N–H and O–H groups in total. The molecule has 0 atom stereocenters. The molecular weight excluding hydrogens is 351 g/mol. The van der Waals surface area contributed by atoms with Crippen LogP contribution < -0.4 is 0 Å². The van der Waals surface area contributed by atoms with E-state index < -0.39 is 0 Å². The summed E-state index contributed by atoms with van der Waals surface area (Å²) in [7, 11) is 0. The van der Waals surface area contributed by atoms with Crippen LogP contribution in [0.15, 0.2) is 42.1 Å². The quantitative estimate of drug-likeness (QED) is 0.357. The minimum absolute atomic E-state index is 0.0437. The number of aryl methyl sites for hydroxylation is 1. The number of aromatic nitrogens is 2. The lowest BCUT2D eigenvalue weighted by Crippen LogP contribution is -2.02. The van der Waals surface area contributed by atoms with E-state index in [1.165, 1.54) is 0 Å². The Morgan fingerprint density at radius 3 is 2.84 bits per heavy atom. The number of allylic oxidation sites excluding steroid dienone is 4. The Morgan fingerprint density at radius 2 is 2.16 bits per heavy atom. The minimum atomic E-state index is 0.0437. The van der Waals surface area contributed by atoms with Crippen LogP contribution in [-0.4, -0.2) is 15.2 Å². The van der Waals surface area contributed by atoms with Crippen molar-refractivity contribution in [3.8, 4) is 0 Å². The normalized spacial score (nSPS) is 12.5. The van der Waals surface area contributed by atoms with E-state index in [-0.39, 0.29) is 5.78 Å². The summed E-state index contributed by atoms with van der Waals surface area (Å²) in [6.45, 7) is 5.72. The molecule has 4 heteroatoms. The van der Waals surface area contributed by atoms with Crippen molar-refractivity contribution in [2.75, 3.05) is 0 Å². The van der Waals surface area contributed by atoms with E-state index in [2.05, 4.69) is 27.6 Å². The van der Waals surface area contributed by atoms with Crippen molar-refractivity contribution in [3.05, 3.63) is 57.1 Å². The average Bonchev–Trinajstić information content (AvgIpc) is 2.70. The Bertz CT molecular complexity index is 695. The lowest BCUT2D eigenvalue weighted by atomic mass is 10.1. The Labute approximate surface area is 126 Å². The van der Waals surface area contributed by atoms with E-state index in [1.807, 2.05) is 61.7 Å². The van der Waals surface area contributed by atoms with Crippen LogP contribution in [-0.2, 0) is 0 Å². The molecule has 0 aromatic carbocycles. The standard InChI is InChI=1S/C15H15IN2O/c1-4-5-6-10(2)14(19)12-7-8-13-17-11(3)15(16)18(13)9-12/h4-9H,1-3H3/b5-4-,10-6+. The highest BCUT2D eigenvalue weighted by atomic mass is 127. The zero-order chi connectivity index (χ0) is 14.0. The van der Waals surface area contributed by atoms with Gasteiger partial charge in [-0.2, -0.15) is 0 Å². The fraction of sp³-hybridized carbons (Fsp3) is 0.200. The highest BCUT2D eigenvalue weighted by Gasteiger charge is 2.11. The lowest BCUT2D eigenvalue weighted by Gasteiger charge is -2.02. The smallest absolute Gasteiger partial charge is 0.190 e. The van der Waals surface area contributed by atoms with Crippen LogP contribution in [0.3, 0.4) is 0 Å².